The van der Waals surface area contributed by atoms with Crippen molar-refractivity contribution in [2.45, 2.75) is 73.1 Å². The molecular formula is C13H28. The maximum absolute atomic E-state index is 2.46. The van der Waals surface area contributed by atoms with E-state index in [9.17, 15) is 0 Å². The molecule has 1 aliphatic carbocycles. The summed E-state index contributed by atoms with van der Waals surface area (Å²) in [6.45, 7) is 11.1. The Bertz CT molecular complexity index is 107. The van der Waals surface area contributed by atoms with Gasteiger partial charge in [-0.05, 0) is 37.0 Å². The van der Waals surface area contributed by atoms with Gasteiger partial charge in [0.2, 0.25) is 0 Å². The van der Waals surface area contributed by atoms with Crippen LogP contribution in [0.25, 0.3) is 0 Å². The molecule has 0 aromatic heterocycles. The molecule has 0 unspecified atom stereocenters. The van der Waals surface area contributed by atoms with Gasteiger partial charge in [0.25, 0.3) is 0 Å². The van der Waals surface area contributed by atoms with E-state index in [0.717, 1.165) is 5.92 Å². The van der Waals surface area contributed by atoms with Gasteiger partial charge in [-0.3, -0.25) is 0 Å². The van der Waals surface area contributed by atoms with Gasteiger partial charge in [-0.15, -0.1) is 0 Å². The summed E-state index contributed by atoms with van der Waals surface area (Å²) in [7, 11) is 0. The summed E-state index contributed by atoms with van der Waals surface area (Å²) in [5.74, 6) is 1.05. The highest BCUT2D eigenvalue weighted by Crippen LogP contribution is 2.41. The molecule has 0 nitrogen and oxygen atoms in total. The molecule has 80 valence electrons. The standard InChI is InChI=1S/C11H22.C2H6/c1-4-10-6-8-11(3,5-2)9-7-10;1-2/h10H,4-9H2,1-3H3;1-2H3. The summed E-state index contributed by atoms with van der Waals surface area (Å²) >= 11 is 0. The Morgan fingerprint density at radius 3 is 1.85 bits per heavy atom. The van der Waals surface area contributed by atoms with E-state index in [2.05, 4.69) is 20.8 Å². The van der Waals surface area contributed by atoms with E-state index in [1.807, 2.05) is 13.8 Å². The van der Waals surface area contributed by atoms with Crippen LogP contribution in [0.5, 0.6) is 0 Å². The minimum absolute atomic E-state index is 0.700. The molecule has 1 aliphatic rings. The van der Waals surface area contributed by atoms with E-state index in [1.165, 1.54) is 38.5 Å². The van der Waals surface area contributed by atoms with Gasteiger partial charge in [0.15, 0.2) is 0 Å². The highest BCUT2D eigenvalue weighted by molar-refractivity contribution is 4.80. The monoisotopic (exact) mass is 184 g/mol. The zero-order valence-corrected chi connectivity index (χ0v) is 10.3. The smallest absolute Gasteiger partial charge is 0.0328 e. The SMILES string of the molecule is CC.CCC1CCC(C)(CC)CC1. The lowest BCUT2D eigenvalue weighted by molar-refractivity contribution is 0.161. The number of hydrogen-bond acceptors (Lipinski definition) is 0. The van der Waals surface area contributed by atoms with Crippen molar-refractivity contribution in [1.29, 1.82) is 0 Å². The Morgan fingerprint density at radius 1 is 1.08 bits per heavy atom. The molecule has 0 aliphatic heterocycles. The van der Waals surface area contributed by atoms with E-state index in [4.69, 9.17) is 0 Å². The fourth-order valence-electron chi connectivity index (χ4n) is 2.14. The Balaban J connectivity index is 0.000000671. The molecule has 0 N–H and O–H groups in total. The van der Waals surface area contributed by atoms with E-state index in [1.54, 1.807) is 0 Å². The predicted octanol–water partition coefficient (Wildman–Crippen LogP) is 5.03. The predicted molar refractivity (Wildman–Crippen MR) is 62.0 cm³/mol. The molecule has 1 fully saturated rings. The first-order valence-corrected chi connectivity index (χ1v) is 6.20. The molecule has 0 aromatic carbocycles. The van der Waals surface area contributed by atoms with Crippen molar-refractivity contribution >= 4 is 0 Å². The fraction of sp³-hybridized carbons (Fsp3) is 1.00. The van der Waals surface area contributed by atoms with E-state index in [0.29, 0.717) is 5.41 Å². The molecule has 13 heavy (non-hydrogen) atoms. The van der Waals surface area contributed by atoms with Crippen molar-refractivity contribution in [3.05, 3.63) is 0 Å². The van der Waals surface area contributed by atoms with Crippen molar-refractivity contribution < 1.29 is 0 Å². The van der Waals surface area contributed by atoms with Gasteiger partial charge in [-0.2, -0.15) is 0 Å². The molecule has 0 radical (unpaired) electrons. The average Bonchev–Trinajstić information content (AvgIpc) is 2.22. The second kappa shape index (κ2) is 6.45. The van der Waals surface area contributed by atoms with Crippen LogP contribution in [0.15, 0.2) is 0 Å². The minimum atomic E-state index is 0.700. The van der Waals surface area contributed by atoms with Crippen LogP contribution >= 0.6 is 0 Å². The van der Waals surface area contributed by atoms with Gasteiger partial charge in [-0.25, -0.2) is 0 Å². The van der Waals surface area contributed by atoms with E-state index >= 15 is 0 Å². The average molecular weight is 184 g/mol. The van der Waals surface area contributed by atoms with Crippen molar-refractivity contribution in [3.63, 3.8) is 0 Å². The number of rotatable bonds is 2. The van der Waals surface area contributed by atoms with Crippen LogP contribution in [0.1, 0.15) is 73.1 Å². The lowest BCUT2D eigenvalue weighted by atomic mass is 9.70. The van der Waals surface area contributed by atoms with E-state index in [-0.39, 0.29) is 0 Å². The second-order valence-electron chi connectivity index (χ2n) is 4.52. The van der Waals surface area contributed by atoms with Crippen LogP contribution in [0.4, 0.5) is 0 Å². The van der Waals surface area contributed by atoms with Gasteiger partial charge in [0.1, 0.15) is 0 Å². The highest BCUT2D eigenvalue weighted by atomic mass is 14.3. The van der Waals surface area contributed by atoms with Gasteiger partial charge < -0.3 is 0 Å². The molecule has 0 atom stereocenters. The van der Waals surface area contributed by atoms with Crippen LogP contribution in [0.3, 0.4) is 0 Å². The second-order valence-corrected chi connectivity index (χ2v) is 4.52. The van der Waals surface area contributed by atoms with Crippen LogP contribution in [-0.4, -0.2) is 0 Å². The molecule has 0 heterocycles. The Labute approximate surface area is 85.1 Å². The molecule has 0 saturated heterocycles. The Morgan fingerprint density at radius 2 is 1.54 bits per heavy atom. The van der Waals surface area contributed by atoms with Crippen molar-refractivity contribution in [1.82, 2.24) is 0 Å². The normalized spacial score (nSPS) is 33.5. The molecule has 1 saturated carbocycles. The highest BCUT2D eigenvalue weighted by Gasteiger charge is 2.28. The summed E-state index contributed by atoms with van der Waals surface area (Å²) in [6, 6.07) is 0. The minimum Gasteiger partial charge on any atom is -0.0683 e. The topological polar surface area (TPSA) is 0 Å². The van der Waals surface area contributed by atoms with Crippen LogP contribution < -0.4 is 0 Å². The summed E-state index contributed by atoms with van der Waals surface area (Å²) in [5, 5.41) is 0. The van der Waals surface area contributed by atoms with Gasteiger partial charge in [0.05, 0.1) is 0 Å². The molecule has 0 bridgehead atoms. The third kappa shape index (κ3) is 4.15. The molecular weight excluding hydrogens is 156 g/mol. The third-order valence-electron chi connectivity index (χ3n) is 3.74. The molecule has 0 aromatic rings. The summed E-state index contributed by atoms with van der Waals surface area (Å²) in [4.78, 5) is 0. The summed E-state index contributed by atoms with van der Waals surface area (Å²) in [6.07, 6.45) is 8.70. The largest absolute Gasteiger partial charge is 0.0683 e. The van der Waals surface area contributed by atoms with Crippen molar-refractivity contribution in [2.75, 3.05) is 0 Å². The summed E-state index contributed by atoms with van der Waals surface area (Å²) in [5.41, 5.74) is 0.700. The van der Waals surface area contributed by atoms with Gasteiger partial charge in [0, 0.05) is 0 Å². The lowest BCUT2D eigenvalue weighted by Gasteiger charge is -2.36. The lowest BCUT2D eigenvalue weighted by Crippen LogP contribution is -2.23. The zero-order valence-electron chi connectivity index (χ0n) is 10.3. The van der Waals surface area contributed by atoms with Crippen LogP contribution in [-0.2, 0) is 0 Å². The third-order valence-corrected chi connectivity index (χ3v) is 3.74. The molecule has 0 spiro atoms. The molecule has 0 heteroatoms. The Kier molecular flexibility index (Phi) is 6.45. The first-order chi connectivity index (χ1) is 6.20. The maximum Gasteiger partial charge on any atom is -0.0328 e. The first kappa shape index (κ1) is 13.0. The summed E-state index contributed by atoms with van der Waals surface area (Å²) < 4.78 is 0. The number of hydrogen-bond donors (Lipinski definition) is 0. The van der Waals surface area contributed by atoms with Crippen molar-refractivity contribution in [2.24, 2.45) is 11.3 Å². The van der Waals surface area contributed by atoms with Gasteiger partial charge in [-0.1, -0.05) is 47.5 Å². The van der Waals surface area contributed by atoms with Crippen molar-refractivity contribution in [3.8, 4) is 0 Å². The Hall–Kier alpha value is 0. The fourth-order valence-corrected chi connectivity index (χ4v) is 2.14. The quantitative estimate of drug-likeness (QED) is 0.564. The van der Waals surface area contributed by atoms with Crippen LogP contribution in [0, 0.1) is 11.3 Å². The van der Waals surface area contributed by atoms with Crippen LogP contribution in [0.2, 0.25) is 0 Å². The van der Waals surface area contributed by atoms with Gasteiger partial charge >= 0.3 is 0 Å². The van der Waals surface area contributed by atoms with E-state index < -0.39 is 0 Å². The zero-order chi connectivity index (χ0) is 10.3. The molecule has 1 rings (SSSR count). The molecule has 0 amide bonds. The first-order valence-electron chi connectivity index (χ1n) is 6.20. The maximum atomic E-state index is 2.46.